The van der Waals surface area contributed by atoms with Crippen LogP contribution in [0.2, 0.25) is 0 Å². The summed E-state index contributed by atoms with van der Waals surface area (Å²) in [6, 6.07) is 5.33. The lowest BCUT2D eigenvalue weighted by Gasteiger charge is -2.20. The average Bonchev–Trinajstić information content (AvgIpc) is 2.59. The molecule has 3 rings (SSSR count). The number of methoxy groups -OCH3 is 1. The lowest BCUT2D eigenvalue weighted by molar-refractivity contribution is 0.0600. The fourth-order valence-electron chi connectivity index (χ4n) is 3.10. The van der Waals surface area contributed by atoms with Gasteiger partial charge in [0, 0.05) is 5.56 Å². The Kier molecular flexibility index (Phi) is 4.31. The number of aromatic nitrogens is 1. The molecule has 1 aliphatic heterocycles. The quantitative estimate of drug-likeness (QED) is 0.824. The number of esters is 1. The van der Waals surface area contributed by atoms with E-state index in [-0.39, 0.29) is 22.5 Å². The Morgan fingerprint density at radius 1 is 1.32 bits per heavy atom. The van der Waals surface area contributed by atoms with Crippen LogP contribution in [0.5, 0.6) is 5.75 Å². The highest BCUT2D eigenvalue weighted by Gasteiger charge is 2.27. The zero-order chi connectivity index (χ0) is 18.1. The third-order valence-corrected chi connectivity index (χ3v) is 4.21. The number of carbonyl (C=O) groups excluding carboxylic acids is 1. The van der Waals surface area contributed by atoms with E-state index in [9.17, 15) is 14.7 Å². The van der Waals surface area contributed by atoms with Crippen LogP contribution in [0, 0.1) is 6.92 Å². The number of nitrogen functional groups attached to an aromatic ring is 1. The fourth-order valence-corrected chi connectivity index (χ4v) is 3.10. The van der Waals surface area contributed by atoms with E-state index in [0.29, 0.717) is 17.9 Å². The van der Waals surface area contributed by atoms with Crippen molar-refractivity contribution in [1.82, 2.24) is 4.98 Å². The van der Waals surface area contributed by atoms with Crippen LogP contribution < -0.4 is 10.5 Å². The summed E-state index contributed by atoms with van der Waals surface area (Å²) >= 11 is 0. The van der Waals surface area contributed by atoms with E-state index >= 15 is 0 Å². The van der Waals surface area contributed by atoms with Gasteiger partial charge >= 0.3 is 11.9 Å². The summed E-state index contributed by atoms with van der Waals surface area (Å²) in [7, 11) is 1.24. The molecule has 3 N–H and O–H groups in total. The number of carboxylic acid groups (broad SMARTS) is 1. The molecule has 0 fully saturated rings. The number of pyridine rings is 1. The van der Waals surface area contributed by atoms with Crippen molar-refractivity contribution in [2.24, 2.45) is 0 Å². The number of carboxylic acids is 1. The normalized spacial score (nSPS) is 12.9. The van der Waals surface area contributed by atoms with Crippen LogP contribution in [0.25, 0.3) is 11.1 Å². The molecule has 25 heavy (non-hydrogen) atoms. The highest BCUT2D eigenvalue weighted by molar-refractivity contribution is 6.08. The smallest absolute Gasteiger partial charge is 0.340 e. The molecule has 1 aliphatic rings. The molecular weight excluding hydrogens is 324 g/mol. The van der Waals surface area contributed by atoms with Crippen LogP contribution >= 0.6 is 0 Å². The first-order valence-corrected chi connectivity index (χ1v) is 7.81. The highest BCUT2D eigenvalue weighted by Crippen LogP contribution is 2.36. The lowest BCUT2D eigenvalue weighted by atomic mass is 9.91. The van der Waals surface area contributed by atoms with Crippen LogP contribution in [-0.4, -0.2) is 35.7 Å². The summed E-state index contributed by atoms with van der Waals surface area (Å²) in [6.07, 6.45) is 1.70. The highest BCUT2D eigenvalue weighted by atomic mass is 16.5. The van der Waals surface area contributed by atoms with E-state index in [1.807, 2.05) is 6.07 Å². The molecule has 0 unspecified atom stereocenters. The second-order valence-corrected chi connectivity index (χ2v) is 5.78. The predicted octanol–water partition coefficient (Wildman–Crippen LogP) is 2.45. The number of anilines is 1. The number of hydrogen-bond acceptors (Lipinski definition) is 6. The van der Waals surface area contributed by atoms with Crippen molar-refractivity contribution in [3.05, 3.63) is 40.6 Å². The molecular formula is C18H18N2O5. The predicted molar refractivity (Wildman–Crippen MR) is 90.9 cm³/mol. The molecule has 7 heteroatoms. The van der Waals surface area contributed by atoms with Gasteiger partial charge in [-0.3, -0.25) is 0 Å². The first-order chi connectivity index (χ1) is 11.9. The number of hydrogen-bond donors (Lipinski definition) is 2. The van der Waals surface area contributed by atoms with E-state index in [2.05, 4.69) is 4.98 Å². The summed E-state index contributed by atoms with van der Waals surface area (Å²) in [4.78, 5) is 28.1. The Balaban J connectivity index is 2.33. The second kappa shape index (κ2) is 6.43. The molecule has 130 valence electrons. The number of ether oxygens (including phenoxy) is 2. The maximum absolute atomic E-state index is 12.3. The standard InChI is InChI=1S/C18H18N2O5/c1-9-13(18(23)24-2)14(15(17(21)22)16(19)20-9)11-5-6-12-10(8-11)4-3-7-25-12/h5-6,8H,3-4,7H2,1-2H3,(H2,19,20)(H,21,22). The van der Waals surface area contributed by atoms with Gasteiger partial charge in [-0.05, 0) is 43.0 Å². The van der Waals surface area contributed by atoms with Crippen LogP contribution in [0.4, 0.5) is 5.82 Å². The molecule has 0 radical (unpaired) electrons. The molecule has 1 aromatic heterocycles. The van der Waals surface area contributed by atoms with E-state index in [1.54, 1.807) is 19.1 Å². The summed E-state index contributed by atoms with van der Waals surface area (Å²) in [6.45, 7) is 2.25. The third-order valence-electron chi connectivity index (χ3n) is 4.21. The van der Waals surface area contributed by atoms with Crippen molar-refractivity contribution in [3.8, 4) is 16.9 Å². The minimum absolute atomic E-state index is 0.103. The number of nitrogens with two attached hydrogens (primary N) is 1. The van der Waals surface area contributed by atoms with Crippen molar-refractivity contribution in [2.45, 2.75) is 19.8 Å². The Labute approximate surface area is 144 Å². The fraction of sp³-hybridized carbons (Fsp3) is 0.278. The first-order valence-electron chi connectivity index (χ1n) is 7.81. The Morgan fingerprint density at radius 3 is 2.76 bits per heavy atom. The van der Waals surface area contributed by atoms with Crippen molar-refractivity contribution in [1.29, 1.82) is 0 Å². The van der Waals surface area contributed by atoms with Crippen molar-refractivity contribution in [2.75, 3.05) is 19.5 Å². The van der Waals surface area contributed by atoms with E-state index < -0.39 is 11.9 Å². The van der Waals surface area contributed by atoms with Crippen LogP contribution in [0.15, 0.2) is 18.2 Å². The topological polar surface area (TPSA) is 112 Å². The van der Waals surface area contributed by atoms with Gasteiger partial charge < -0.3 is 20.3 Å². The molecule has 7 nitrogen and oxygen atoms in total. The van der Waals surface area contributed by atoms with E-state index in [4.69, 9.17) is 15.2 Å². The van der Waals surface area contributed by atoms with Gasteiger partial charge in [0.05, 0.1) is 25.0 Å². The van der Waals surface area contributed by atoms with E-state index in [1.165, 1.54) is 7.11 Å². The lowest BCUT2D eigenvalue weighted by Crippen LogP contribution is -2.16. The van der Waals surface area contributed by atoms with Crippen LogP contribution in [-0.2, 0) is 11.2 Å². The second-order valence-electron chi connectivity index (χ2n) is 5.78. The Morgan fingerprint density at radius 2 is 2.08 bits per heavy atom. The molecule has 2 aromatic rings. The van der Waals surface area contributed by atoms with Gasteiger partial charge in [0.1, 0.15) is 17.1 Å². The zero-order valence-corrected chi connectivity index (χ0v) is 14.0. The first kappa shape index (κ1) is 16.8. The number of aryl methyl sites for hydroxylation is 2. The van der Waals surface area contributed by atoms with Crippen LogP contribution in [0.3, 0.4) is 0 Å². The number of aromatic carboxylic acids is 1. The summed E-state index contributed by atoms with van der Waals surface area (Å²) < 4.78 is 10.4. The Bertz CT molecular complexity index is 876. The average molecular weight is 342 g/mol. The molecule has 2 heterocycles. The largest absolute Gasteiger partial charge is 0.493 e. The minimum Gasteiger partial charge on any atom is -0.493 e. The van der Waals surface area contributed by atoms with Gasteiger partial charge in [-0.2, -0.15) is 0 Å². The van der Waals surface area contributed by atoms with Crippen LogP contribution in [0.1, 0.15) is 38.4 Å². The van der Waals surface area contributed by atoms with E-state index in [0.717, 1.165) is 24.2 Å². The molecule has 0 atom stereocenters. The minimum atomic E-state index is -1.25. The van der Waals surface area contributed by atoms with Crippen molar-refractivity contribution < 1.29 is 24.2 Å². The number of rotatable bonds is 3. The maximum atomic E-state index is 12.3. The van der Waals surface area contributed by atoms with Gasteiger partial charge in [0.15, 0.2) is 0 Å². The number of fused-ring (bicyclic) bond motifs is 1. The number of nitrogens with zero attached hydrogens (tertiary/aromatic N) is 1. The van der Waals surface area contributed by atoms with Gasteiger partial charge in [0.2, 0.25) is 0 Å². The maximum Gasteiger partial charge on any atom is 0.340 e. The summed E-state index contributed by atoms with van der Waals surface area (Å²) in [5.74, 6) is -1.28. The van der Waals surface area contributed by atoms with Crippen molar-refractivity contribution >= 4 is 17.8 Å². The molecule has 0 saturated heterocycles. The third kappa shape index (κ3) is 2.88. The molecule has 0 bridgehead atoms. The van der Waals surface area contributed by atoms with Gasteiger partial charge in [-0.1, -0.05) is 6.07 Å². The SMILES string of the molecule is COC(=O)c1c(C)nc(N)c(C(=O)O)c1-c1ccc2c(c1)CCCO2. The zero-order valence-electron chi connectivity index (χ0n) is 14.0. The van der Waals surface area contributed by atoms with Crippen molar-refractivity contribution in [3.63, 3.8) is 0 Å². The summed E-state index contributed by atoms with van der Waals surface area (Å²) in [5, 5.41) is 9.62. The molecule has 0 saturated carbocycles. The molecule has 0 aliphatic carbocycles. The molecule has 1 aromatic carbocycles. The number of carbonyl (C=O) groups is 2. The molecule has 0 spiro atoms. The van der Waals surface area contributed by atoms with Gasteiger partial charge in [0.25, 0.3) is 0 Å². The monoisotopic (exact) mass is 342 g/mol. The molecule has 0 amide bonds. The Hall–Kier alpha value is -3.09. The summed E-state index contributed by atoms with van der Waals surface area (Å²) in [5.41, 5.74) is 7.81. The van der Waals surface area contributed by atoms with Gasteiger partial charge in [-0.25, -0.2) is 14.6 Å². The number of benzene rings is 1. The van der Waals surface area contributed by atoms with Gasteiger partial charge in [-0.15, -0.1) is 0 Å².